The molecule has 0 spiro atoms. The Kier molecular flexibility index (Phi) is 5.07. The highest BCUT2D eigenvalue weighted by atomic mass is 16.5. The lowest BCUT2D eigenvalue weighted by atomic mass is 9.87. The largest absolute Gasteiger partial charge is 0.467 e. The van der Waals surface area contributed by atoms with Gasteiger partial charge in [0.2, 0.25) is 5.91 Å². The molecule has 1 N–H and O–H groups in total. The van der Waals surface area contributed by atoms with Gasteiger partial charge in [-0.15, -0.1) is 5.10 Å². The van der Waals surface area contributed by atoms with Crippen molar-refractivity contribution in [2.45, 2.75) is 25.4 Å². The molecule has 1 aromatic carbocycles. The van der Waals surface area contributed by atoms with Crippen molar-refractivity contribution in [2.75, 3.05) is 7.11 Å². The molecule has 0 saturated heterocycles. The van der Waals surface area contributed by atoms with Gasteiger partial charge in [-0.3, -0.25) is 9.20 Å². The first-order chi connectivity index (χ1) is 13.0. The van der Waals surface area contributed by atoms with Crippen LogP contribution in [-0.4, -0.2) is 33.2 Å². The summed E-state index contributed by atoms with van der Waals surface area (Å²) in [6.45, 7) is 1.47. The molecule has 2 heterocycles. The molecule has 0 aliphatic heterocycles. The fourth-order valence-corrected chi connectivity index (χ4v) is 3.06. The van der Waals surface area contributed by atoms with Crippen LogP contribution in [0.25, 0.3) is 5.65 Å². The first kappa shape index (κ1) is 18.4. The van der Waals surface area contributed by atoms with Crippen LogP contribution < -0.4 is 11.0 Å². The number of methoxy groups -OCH3 is 1. The number of amides is 1. The van der Waals surface area contributed by atoms with Gasteiger partial charge in [-0.2, -0.15) is 0 Å². The van der Waals surface area contributed by atoms with Gasteiger partial charge in [0.1, 0.15) is 6.54 Å². The number of nitrogens with zero attached hydrogens (tertiary/aromatic N) is 3. The number of rotatable bonds is 6. The van der Waals surface area contributed by atoms with Crippen LogP contribution in [0.3, 0.4) is 0 Å². The third-order valence-corrected chi connectivity index (χ3v) is 4.47. The molecule has 1 atom stereocenters. The van der Waals surface area contributed by atoms with E-state index >= 15 is 0 Å². The molecule has 27 heavy (non-hydrogen) atoms. The van der Waals surface area contributed by atoms with Gasteiger partial charge in [-0.25, -0.2) is 14.3 Å². The second-order valence-electron chi connectivity index (χ2n) is 6.03. The Morgan fingerprint density at radius 2 is 1.85 bits per heavy atom. The molecule has 2 aromatic heterocycles. The molecule has 0 fully saturated rings. The molecule has 0 bridgehead atoms. The fraction of sp³-hybridized carbons (Fsp3) is 0.263. The summed E-state index contributed by atoms with van der Waals surface area (Å²) < 4.78 is 7.35. The van der Waals surface area contributed by atoms with Gasteiger partial charge in [0.25, 0.3) is 0 Å². The van der Waals surface area contributed by atoms with E-state index in [0.717, 1.165) is 4.68 Å². The Morgan fingerprint density at radius 1 is 1.15 bits per heavy atom. The second kappa shape index (κ2) is 7.45. The van der Waals surface area contributed by atoms with E-state index in [4.69, 9.17) is 4.74 Å². The topological polar surface area (TPSA) is 94.7 Å². The van der Waals surface area contributed by atoms with E-state index in [1.165, 1.54) is 11.5 Å². The summed E-state index contributed by atoms with van der Waals surface area (Å²) in [6, 6.07) is 14.0. The van der Waals surface area contributed by atoms with Crippen molar-refractivity contribution in [3.63, 3.8) is 0 Å². The zero-order valence-electron chi connectivity index (χ0n) is 15.1. The lowest BCUT2D eigenvalue weighted by Gasteiger charge is -2.31. The van der Waals surface area contributed by atoms with E-state index in [9.17, 15) is 14.4 Å². The maximum atomic E-state index is 12.7. The third-order valence-electron chi connectivity index (χ3n) is 4.47. The molecule has 3 aromatic rings. The summed E-state index contributed by atoms with van der Waals surface area (Å²) in [5, 5.41) is 6.88. The smallest absolute Gasteiger partial charge is 0.350 e. The fourth-order valence-electron chi connectivity index (χ4n) is 3.06. The maximum absolute atomic E-state index is 12.7. The predicted octanol–water partition coefficient (Wildman–Crippen LogP) is 1.09. The van der Waals surface area contributed by atoms with Crippen molar-refractivity contribution in [1.29, 1.82) is 0 Å². The molecule has 140 valence electrons. The number of hydrogen-bond donors (Lipinski definition) is 1. The highest BCUT2D eigenvalue weighted by Crippen LogP contribution is 2.26. The molecule has 0 radical (unpaired) electrons. The van der Waals surface area contributed by atoms with E-state index in [-0.39, 0.29) is 13.0 Å². The van der Waals surface area contributed by atoms with Gasteiger partial charge in [0.05, 0.1) is 7.11 Å². The average molecular weight is 368 g/mol. The summed E-state index contributed by atoms with van der Waals surface area (Å²) in [6.07, 6.45) is 1.86. The molecule has 8 heteroatoms. The van der Waals surface area contributed by atoms with Crippen LogP contribution in [0.4, 0.5) is 0 Å². The Morgan fingerprint density at radius 3 is 2.48 bits per heavy atom. The maximum Gasteiger partial charge on any atom is 0.350 e. The lowest BCUT2D eigenvalue weighted by molar-refractivity contribution is -0.152. The van der Waals surface area contributed by atoms with Crippen molar-refractivity contribution in [1.82, 2.24) is 19.5 Å². The summed E-state index contributed by atoms with van der Waals surface area (Å²) >= 11 is 0. The number of nitrogens with one attached hydrogen (secondary N) is 1. The number of esters is 1. The number of pyridine rings is 1. The van der Waals surface area contributed by atoms with E-state index in [2.05, 4.69) is 10.4 Å². The Bertz CT molecular complexity index is 1020. The van der Waals surface area contributed by atoms with Crippen LogP contribution in [0.2, 0.25) is 0 Å². The van der Waals surface area contributed by atoms with Crippen molar-refractivity contribution >= 4 is 17.5 Å². The molecule has 3 rings (SSSR count). The standard InChI is InChI=1S/C19H20N4O4/c1-3-19(17(25)27-2,14-9-5-4-6-10-14)20-16(24)13-23-18(26)22-12-8-7-11-15(22)21-23/h4-12H,3,13H2,1-2H3,(H,20,24)/t19-/m1/s1. The molecule has 0 unspecified atom stereocenters. The van der Waals surface area contributed by atoms with Gasteiger partial charge in [0, 0.05) is 6.20 Å². The minimum atomic E-state index is -1.34. The molecule has 1 amide bonds. The van der Waals surface area contributed by atoms with Crippen LogP contribution >= 0.6 is 0 Å². The van der Waals surface area contributed by atoms with Crippen LogP contribution in [0.15, 0.2) is 59.5 Å². The SMILES string of the molecule is CC[C@](NC(=O)Cn1nc2ccccn2c1=O)(C(=O)OC)c1ccccc1. The van der Waals surface area contributed by atoms with Crippen molar-refractivity contribution in [3.05, 3.63) is 70.8 Å². The van der Waals surface area contributed by atoms with E-state index < -0.39 is 23.1 Å². The molecule has 8 nitrogen and oxygen atoms in total. The number of benzene rings is 1. The molecular weight excluding hydrogens is 348 g/mol. The van der Waals surface area contributed by atoms with Gasteiger partial charge in [-0.05, 0) is 24.1 Å². The molecule has 0 saturated carbocycles. The van der Waals surface area contributed by atoms with Crippen LogP contribution in [-0.2, 0) is 26.4 Å². The molecule has 0 aliphatic carbocycles. The van der Waals surface area contributed by atoms with Gasteiger partial charge in [0.15, 0.2) is 11.2 Å². The Balaban J connectivity index is 1.91. The highest BCUT2D eigenvalue weighted by Gasteiger charge is 2.41. The van der Waals surface area contributed by atoms with Crippen molar-refractivity contribution < 1.29 is 14.3 Å². The Labute approximate surface area is 155 Å². The first-order valence-electron chi connectivity index (χ1n) is 8.51. The minimum absolute atomic E-state index is 0.287. The van der Waals surface area contributed by atoms with Gasteiger partial charge >= 0.3 is 11.7 Å². The molecule has 0 aliphatic rings. The van der Waals surface area contributed by atoms with Crippen molar-refractivity contribution in [2.24, 2.45) is 0 Å². The number of carbonyl (C=O) groups is 2. The van der Waals surface area contributed by atoms with E-state index in [1.807, 2.05) is 6.07 Å². The second-order valence-corrected chi connectivity index (χ2v) is 6.03. The first-order valence-corrected chi connectivity index (χ1v) is 8.51. The summed E-state index contributed by atoms with van der Waals surface area (Å²) in [4.78, 5) is 37.6. The average Bonchev–Trinajstić information content (AvgIpc) is 3.02. The predicted molar refractivity (Wildman–Crippen MR) is 98.0 cm³/mol. The van der Waals surface area contributed by atoms with E-state index in [1.54, 1.807) is 55.6 Å². The van der Waals surface area contributed by atoms with Crippen molar-refractivity contribution in [3.8, 4) is 0 Å². The normalized spacial score (nSPS) is 13.1. The van der Waals surface area contributed by atoms with Crippen LogP contribution in [0, 0.1) is 0 Å². The summed E-state index contributed by atoms with van der Waals surface area (Å²) in [7, 11) is 1.27. The zero-order valence-corrected chi connectivity index (χ0v) is 15.1. The number of aromatic nitrogens is 3. The number of carbonyl (C=O) groups excluding carboxylic acids is 2. The summed E-state index contributed by atoms with van der Waals surface area (Å²) in [5.74, 6) is -1.09. The number of hydrogen-bond acceptors (Lipinski definition) is 5. The van der Waals surface area contributed by atoms with Crippen LogP contribution in [0.5, 0.6) is 0 Å². The Hall–Kier alpha value is -3.42. The monoisotopic (exact) mass is 368 g/mol. The summed E-state index contributed by atoms with van der Waals surface area (Å²) in [5.41, 5.74) is -0.723. The quantitative estimate of drug-likeness (QED) is 0.657. The number of fused-ring (bicyclic) bond motifs is 1. The van der Waals surface area contributed by atoms with E-state index in [0.29, 0.717) is 11.2 Å². The minimum Gasteiger partial charge on any atom is -0.467 e. The zero-order chi connectivity index (χ0) is 19.4. The third kappa shape index (κ3) is 3.33. The van der Waals surface area contributed by atoms with Gasteiger partial charge in [-0.1, -0.05) is 43.3 Å². The highest BCUT2D eigenvalue weighted by molar-refractivity contribution is 5.89. The molecular formula is C19H20N4O4. The number of ether oxygens (including phenoxy) is 1. The lowest BCUT2D eigenvalue weighted by Crippen LogP contribution is -2.53. The van der Waals surface area contributed by atoms with Crippen LogP contribution in [0.1, 0.15) is 18.9 Å². The van der Waals surface area contributed by atoms with Gasteiger partial charge < -0.3 is 10.1 Å².